The van der Waals surface area contributed by atoms with Gasteiger partial charge >= 0.3 is 6.03 Å². The second-order valence-corrected chi connectivity index (χ2v) is 7.65. The van der Waals surface area contributed by atoms with Gasteiger partial charge in [0.25, 0.3) is 5.91 Å². The monoisotopic (exact) mass is 409 g/mol. The molecule has 2 N–H and O–H groups in total. The van der Waals surface area contributed by atoms with Crippen molar-refractivity contribution in [3.63, 3.8) is 0 Å². The van der Waals surface area contributed by atoms with E-state index in [9.17, 15) is 18.4 Å². The van der Waals surface area contributed by atoms with Crippen LogP contribution in [0, 0.1) is 11.6 Å². The molecule has 0 radical (unpaired) electrons. The number of nitrogens with one attached hydrogen (secondary N) is 2. The van der Waals surface area contributed by atoms with Crippen LogP contribution in [0.4, 0.5) is 19.3 Å². The predicted molar refractivity (Wildman–Crippen MR) is 101 cm³/mol. The van der Waals surface area contributed by atoms with Gasteiger partial charge in [-0.3, -0.25) is 4.79 Å². The number of urea groups is 1. The number of carbonyl (C=O) groups excluding carboxylic acids is 2. The minimum absolute atomic E-state index is 0.0700. The second kappa shape index (κ2) is 8.59. The first-order chi connectivity index (χ1) is 13.4. The van der Waals surface area contributed by atoms with Gasteiger partial charge in [-0.05, 0) is 38.3 Å². The van der Waals surface area contributed by atoms with E-state index in [1.165, 1.54) is 6.07 Å². The minimum atomic E-state index is -1.05. The first-order valence-electron chi connectivity index (χ1n) is 9.06. The van der Waals surface area contributed by atoms with Crippen LogP contribution in [-0.2, 0) is 0 Å². The van der Waals surface area contributed by atoms with Gasteiger partial charge in [0.1, 0.15) is 5.01 Å². The van der Waals surface area contributed by atoms with Crippen LogP contribution in [0.15, 0.2) is 18.2 Å². The number of anilines is 1. The van der Waals surface area contributed by atoms with Crippen molar-refractivity contribution < 1.29 is 18.4 Å². The highest BCUT2D eigenvalue weighted by Gasteiger charge is 2.33. The smallest absolute Gasteiger partial charge is 0.318 e. The molecule has 0 unspecified atom stereocenters. The standard InChI is InChI=1S/C18H21F2N5O2S/c1-3-10(2)21-18(27)25-8-4-5-14(25)16-23-24-17(28-16)15(26)22-11-6-7-12(19)13(20)9-11/h6-7,9-10,14H,3-5,8H2,1-2H3,(H,21,27)(H,22,26)/t10-,14+/m1/s1. The van der Waals surface area contributed by atoms with Gasteiger partial charge in [-0.1, -0.05) is 18.3 Å². The fourth-order valence-electron chi connectivity index (χ4n) is 2.88. The fourth-order valence-corrected chi connectivity index (χ4v) is 3.77. The highest BCUT2D eigenvalue weighted by atomic mass is 32.1. The van der Waals surface area contributed by atoms with Crippen LogP contribution in [0.2, 0.25) is 0 Å². The summed E-state index contributed by atoms with van der Waals surface area (Å²) in [5, 5.41) is 14.1. The Bertz CT molecular complexity index is 875. The van der Waals surface area contributed by atoms with Crippen molar-refractivity contribution in [2.75, 3.05) is 11.9 Å². The zero-order chi connectivity index (χ0) is 20.3. The highest BCUT2D eigenvalue weighted by Crippen LogP contribution is 2.33. The van der Waals surface area contributed by atoms with Crippen LogP contribution < -0.4 is 10.6 Å². The van der Waals surface area contributed by atoms with Crippen molar-refractivity contribution in [3.8, 4) is 0 Å². The van der Waals surface area contributed by atoms with Gasteiger partial charge < -0.3 is 15.5 Å². The Labute approximate surface area is 165 Å². The van der Waals surface area contributed by atoms with E-state index in [-0.39, 0.29) is 28.8 Å². The highest BCUT2D eigenvalue weighted by molar-refractivity contribution is 7.13. The lowest BCUT2D eigenvalue weighted by Crippen LogP contribution is -2.43. The molecular formula is C18H21F2N5O2S. The lowest BCUT2D eigenvalue weighted by Gasteiger charge is -2.25. The minimum Gasteiger partial charge on any atom is -0.336 e. The number of amides is 3. The molecule has 0 saturated carbocycles. The van der Waals surface area contributed by atoms with Crippen LogP contribution in [0.25, 0.3) is 0 Å². The summed E-state index contributed by atoms with van der Waals surface area (Å²) in [6, 6.07) is 2.78. The maximum absolute atomic E-state index is 13.3. The van der Waals surface area contributed by atoms with Crippen molar-refractivity contribution in [3.05, 3.63) is 39.8 Å². The summed E-state index contributed by atoms with van der Waals surface area (Å²) < 4.78 is 26.3. The lowest BCUT2D eigenvalue weighted by atomic mass is 10.2. The van der Waals surface area contributed by atoms with Gasteiger partial charge in [0.05, 0.1) is 6.04 Å². The van der Waals surface area contributed by atoms with E-state index >= 15 is 0 Å². The van der Waals surface area contributed by atoms with Crippen molar-refractivity contribution in [1.29, 1.82) is 0 Å². The van der Waals surface area contributed by atoms with E-state index in [0.29, 0.717) is 11.6 Å². The Morgan fingerprint density at radius 1 is 1.32 bits per heavy atom. The quantitative estimate of drug-likeness (QED) is 0.788. The number of nitrogens with zero attached hydrogens (tertiary/aromatic N) is 3. The normalized spacial score (nSPS) is 17.4. The summed E-state index contributed by atoms with van der Waals surface area (Å²) in [6.07, 6.45) is 2.42. The Balaban J connectivity index is 1.69. The third kappa shape index (κ3) is 4.44. The number of aromatic nitrogens is 2. The van der Waals surface area contributed by atoms with Gasteiger partial charge in [0.2, 0.25) is 5.01 Å². The number of hydrogen-bond donors (Lipinski definition) is 2. The van der Waals surface area contributed by atoms with E-state index in [0.717, 1.165) is 42.7 Å². The summed E-state index contributed by atoms with van der Waals surface area (Å²) >= 11 is 1.09. The van der Waals surface area contributed by atoms with Gasteiger partial charge in [0.15, 0.2) is 11.6 Å². The first kappa shape index (κ1) is 20.1. The van der Waals surface area contributed by atoms with Crippen molar-refractivity contribution >= 4 is 29.0 Å². The van der Waals surface area contributed by atoms with Crippen molar-refractivity contribution in [1.82, 2.24) is 20.4 Å². The molecule has 7 nitrogen and oxygen atoms in total. The number of rotatable bonds is 5. The molecule has 150 valence electrons. The molecule has 2 aromatic rings. The number of carbonyl (C=O) groups is 2. The van der Waals surface area contributed by atoms with Crippen LogP contribution in [-0.4, -0.2) is 39.6 Å². The molecule has 1 saturated heterocycles. The third-order valence-corrected chi connectivity index (χ3v) is 5.62. The summed E-state index contributed by atoms with van der Waals surface area (Å²) in [7, 11) is 0. The lowest BCUT2D eigenvalue weighted by molar-refractivity contribution is 0.102. The van der Waals surface area contributed by atoms with Crippen molar-refractivity contribution in [2.45, 2.75) is 45.2 Å². The number of hydrogen-bond acceptors (Lipinski definition) is 5. The molecule has 1 fully saturated rings. The van der Waals surface area contributed by atoms with E-state index in [2.05, 4.69) is 20.8 Å². The second-order valence-electron chi connectivity index (χ2n) is 6.64. The molecule has 1 aromatic carbocycles. The van der Waals surface area contributed by atoms with Gasteiger partial charge in [-0.2, -0.15) is 0 Å². The summed E-state index contributed by atoms with van der Waals surface area (Å²) in [5.74, 6) is -2.61. The summed E-state index contributed by atoms with van der Waals surface area (Å²) in [6.45, 7) is 4.55. The molecule has 0 bridgehead atoms. The van der Waals surface area contributed by atoms with Crippen LogP contribution >= 0.6 is 11.3 Å². The Morgan fingerprint density at radius 3 is 2.82 bits per heavy atom. The van der Waals surface area contributed by atoms with Gasteiger partial charge in [-0.15, -0.1) is 10.2 Å². The number of benzene rings is 1. The predicted octanol–water partition coefficient (Wildman–Crippen LogP) is 3.71. The Morgan fingerprint density at radius 2 is 2.11 bits per heavy atom. The zero-order valence-electron chi connectivity index (χ0n) is 15.5. The van der Waals surface area contributed by atoms with Gasteiger partial charge in [0, 0.05) is 24.3 Å². The van der Waals surface area contributed by atoms with E-state index < -0.39 is 17.5 Å². The maximum Gasteiger partial charge on any atom is 0.318 e. The summed E-state index contributed by atoms with van der Waals surface area (Å²) in [4.78, 5) is 26.5. The molecule has 28 heavy (non-hydrogen) atoms. The van der Waals surface area contributed by atoms with E-state index in [1.807, 2.05) is 13.8 Å². The molecule has 2 heterocycles. The van der Waals surface area contributed by atoms with E-state index in [4.69, 9.17) is 0 Å². The summed E-state index contributed by atoms with van der Waals surface area (Å²) in [5.41, 5.74) is 0.121. The Hall–Kier alpha value is -2.62. The molecular weight excluding hydrogens is 388 g/mol. The first-order valence-corrected chi connectivity index (χ1v) is 9.87. The molecule has 1 aliphatic rings. The van der Waals surface area contributed by atoms with Crippen LogP contribution in [0.5, 0.6) is 0 Å². The molecule has 0 aliphatic carbocycles. The zero-order valence-corrected chi connectivity index (χ0v) is 16.4. The molecule has 0 spiro atoms. The largest absolute Gasteiger partial charge is 0.336 e. The van der Waals surface area contributed by atoms with Crippen molar-refractivity contribution in [2.24, 2.45) is 0 Å². The van der Waals surface area contributed by atoms with Gasteiger partial charge in [-0.25, -0.2) is 13.6 Å². The average molecular weight is 409 g/mol. The number of likely N-dealkylation sites (tertiary alicyclic amines) is 1. The maximum atomic E-state index is 13.3. The molecule has 10 heteroatoms. The molecule has 1 aromatic heterocycles. The molecule has 3 amide bonds. The van der Waals surface area contributed by atoms with E-state index in [1.54, 1.807) is 4.90 Å². The van der Waals surface area contributed by atoms with Crippen LogP contribution in [0.3, 0.4) is 0 Å². The Kier molecular flexibility index (Phi) is 6.18. The fraction of sp³-hybridized carbons (Fsp3) is 0.444. The SMILES string of the molecule is CC[C@@H](C)NC(=O)N1CCC[C@H]1c1nnc(C(=O)Nc2ccc(F)c(F)c2)s1. The van der Waals surface area contributed by atoms with Crippen LogP contribution in [0.1, 0.15) is 54.0 Å². The third-order valence-electron chi connectivity index (χ3n) is 4.59. The number of halogens is 2. The molecule has 3 rings (SSSR count). The molecule has 1 aliphatic heterocycles. The average Bonchev–Trinajstić information content (AvgIpc) is 3.33. The topological polar surface area (TPSA) is 87.2 Å². The molecule has 2 atom stereocenters.